The first-order valence-corrected chi connectivity index (χ1v) is 10.2. The molecule has 30 heavy (non-hydrogen) atoms. The van der Waals surface area contributed by atoms with Crippen molar-refractivity contribution in [1.29, 1.82) is 0 Å². The molecular weight excluding hydrogens is 422 g/mol. The smallest absolute Gasteiger partial charge is 0.270 e. The van der Waals surface area contributed by atoms with Crippen molar-refractivity contribution < 1.29 is 19.1 Å². The van der Waals surface area contributed by atoms with Crippen LogP contribution in [0.2, 0.25) is 0 Å². The van der Waals surface area contributed by atoms with Gasteiger partial charge in [-0.05, 0) is 48.0 Å². The molecule has 2 aromatic rings. The van der Waals surface area contributed by atoms with Crippen molar-refractivity contribution in [2.75, 3.05) is 37.6 Å². The van der Waals surface area contributed by atoms with Gasteiger partial charge in [0.05, 0.1) is 17.7 Å². The van der Waals surface area contributed by atoms with E-state index in [1.54, 1.807) is 24.3 Å². The van der Waals surface area contributed by atoms with E-state index in [1.807, 2.05) is 43.3 Å². The van der Waals surface area contributed by atoms with E-state index >= 15 is 0 Å². The lowest BCUT2D eigenvalue weighted by molar-refractivity contribution is -0.120. The zero-order valence-corrected chi connectivity index (χ0v) is 18.4. The summed E-state index contributed by atoms with van der Waals surface area (Å²) in [5.74, 6) is 0.0563. The van der Waals surface area contributed by atoms with Gasteiger partial charge in [-0.2, -0.15) is 0 Å². The number of carbonyl (C=O) groups excluding carboxylic acids is 2. The van der Waals surface area contributed by atoms with E-state index in [4.69, 9.17) is 27.4 Å². The van der Waals surface area contributed by atoms with Crippen molar-refractivity contribution in [1.82, 2.24) is 0 Å². The summed E-state index contributed by atoms with van der Waals surface area (Å²) in [7, 11) is 5.40. The number of thioether (sulfide) groups is 1. The first-order valence-electron chi connectivity index (χ1n) is 8.94. The number of benzene rings is 2. The molecule has 0 unspecified atom stereocenters. The summed E-state index contributed by atoms with van der Waals surface area (Å²) < 4.78 is 11.1. The van der Waals surface area contributed by atoms with Gasteiger partial charge in [0.25, 0.3) is 11.8 Å². The molecule has 0 aliphatic carbocycles. The molecule has 2 amide bonds. The number of nitrogens with two attached hydrogens (primary N) is 1. The normalized spacial score (nSPS) is 14.9. The van der Waals surface area contributed by atoms with Crippen LogP contribution in [0.5, 0.6) is 11.5 Å². The molecule has 0 spiro atoms. The SMILES string of the molecule is COc1cc(/C=C2\SC(=S)N(c3ccc(N(C)C)cc3)C2=O)ccc1OCC(N)=O. The van der Waals surface area contributed by atoms with Crippen LogP contribution in [0.25, 0.3) is 6.08 Å². The number of carbonyl (C=O) groups is 2. The lowest BCUT2D eigenvalue weighted by Crippen LogP contribution is -2.27. The summed E-state index contributed by atoms with van der Waals surface area (Å²) in [6.45, 7) is -0.249. The lowest BCUT2D eigenvalue weighted by atomic mass is 10.1. The molecule has 1 fully saturated rings. The molecule has 1 heterocycles. The minimum Gasteiger partial charge on any atom is -0.493 e. The van der Waals surface area contributed by atoms with Crippen molar-refractivity contribution in [3.8, 4) is 11.5 Å². The van der Waals surface area contributed by atoms with Crippen LogP contribution in [0.4, 0.5) is 11.4 Å². The van der Waals surface area contributed by atoms with Gasteiger partial charge in [0.1, 0.15) is 0 Å². The van der Waals surface area contributed by atoms with Crippen molar-refractivity contribution in [2.24, 2.45) is 5.73 Å². The predicted octanol–water partition coefficient (Wildman–Crippen LogP) is 3.03. The van der Waals surface area contributed by atoms with Crippen LogP contribution in [0.15, 0.2) is 47.4 Å². The minimum atomic E-state index is -0.580. The van der Waals surface area contributed by atoms with Gasteiger partial charge in [-0.3, -0.25) is 14.5 Å². The second-order valence-corrected chi connectivity index (χ2v) is 8.27. The Morgan fingerprint density at radius 3 is 2.50 bits per heavy atom. The van der Waals surface area contributed by atoms with E-state index in [2.05, 4.69) is 0 Å². The van der Waals surface area contributed by atoms with Crippen LogP contribution in [0.3, 0.4) is 0 Å². The summed E-state index contributed by atoms with van der Waals surface area (Å²) in [5.41, 5.74) is 7.60. The molecule has 1 aliphatic heterocycles. The number of thiocarbonyl (C=S) groups is 1. The number of anilines is 2. The maximum Gasteiger partial charge on any atom is 0.270 e. The molecule has 7 nitrogen and oxygen atoms in total. The molecule has 0 aromatic heterocycles. The molecule has 0 atom stereocenters. The maximum atomic E-state index is 13.0. The van der Waals surface area contributed by atoms with Crippen LogP contribution in [-0.2, 0) is 9.59 Å². The summed E-state index contributed by atoms with van der Waals surface area (Å²) >= 11 is 6.67. The Hall–Kier alpha value is -3.04. The van der Waals surface area contributed by atoms with Gasteiger partial charge in [0, 0.05) is 19.8 Å². The number of ether oxygens (including phenoxy) is 2. The third kappa shape index (κ3) is 4.74. The van der Waals surface area contributed by atoms with Gasteiger partial charge < -0.3 is 20.1 Å². The zero-order chi connectivity index (χ0) is 21.8. The number of hydrogen-bond acceptors (Lipinski definition) is 7. The largest absolute Gasteiger partial charge is 0.493 e. The Morgan fingerprint density at radius 1 is 1.20 bits per heavy atom. The Balaban J connectivity index is 1.83. The molecule has 9 heteroatoms. The van der Waals surface area contributed by atoms with E-state index < -0.39 is 5.91 Å². The molecule has 0 radical (unpaired) electrons. The number of primary amides is 1. The summed E-state index contributed by atoms with van der Waals surface area (Å²) in [6.07, 6.45) is 1.74. The maximum absolute atomic E-state index is 13.0. The fourth-order valence-electron chi connectivity index (χ4n) is 2.78. The lowest BCUT2D eigenvalue weighted by Gasteiger charge is -2.17. The Bertz CT molecular complexity index is 1020. The van der Waals surface area contributed by atoms with E-state index in [0.29, 0.717) is 20.7 Å². The number of methoxy groups -OCH3 is 1. The van der Waals surface area contributed by atoms with Crippen LogP contribution in [-0.4, -0.2) is 43.9 Å². The van der Waals surface area contributed by atoms with Crippen LogP contribution in [0.1, 0.15) is 5.56 Å². The Morgan fingerprint density at radius 2 is 1.90 bits per heavy atom. The first-order chi connectivity index (χ1) is 14.3. The third-order valence-electron chi connectivity index (χ3n) is 4.27. The molecular formula is C21H21N3O4S2. The highest BCUT2D eigenvalue weighted by molar-refractivity contribution is 8.27. The van der Waals surface area contributed by atoms with E-state index in [1.165, 1.54) is 23.8 Å². The fraction of sp³-hybridized carbons (Fsp3) is 0.190. The van der Waals surface area contributed by atoms with Gasteiger partial charge in [0.2, 0.25) is 0 Å². The Kier molecular flexibility index (Phi) is 6.63. The summed E-state index contributed by atoms with van der Waals surface area (Å²) in [5, 5.41) is 0. The number of rotatable bonds is 7. The highest BCUT2D eigenvalue weighted by atomic mass is 32.2. The summed E-state index contributed by atoms with van der Waals surface area (Å²) in [6, 6.07) is 12.8. The minimum absolute atomic E-state index is 0.185. The van der Waals surface area contributed by atoms with Gasteiger partial charge in [-0.25, -0.2) is 0 Å². The first kappa shape index (κ1) is 21.7. The standard InChI is InChI=1S/C21H21N3O4S2/c1-23(2)14-5-7-15(8-6-14)24-20(26)18(30-21(24)29)11-13-4-9-16(17(10-13)27-3)28-12-19(22)25/h4-11H,12H2,1-3H3,(H2,22,25)/b18-11-. The van der Waals surface area contributed by atoms with Crippen molar-refractivity contribution in [3.63, 3.8) is 0 Å². The average molecular weight is 444 g/mol. The second kappa shape index (κ2) is 9.19. The van der Waals surface area contributed by atoms with Crippen LogP contribution >= 0.6 is 24.0 Å². The Labute approximate surface area is 184 Å². The van der Waals surface area contributed by atoms with E-state index in [0.717, 1.165) is 16.9 Å². The van der Waals surface area contributed by atoms with Gasteiger partial charge in [-0.15, -0.1) is 0 Å². The quantitative estimate of drug-likeness (QED) is 0.520. The molecule has 2 aromatic carbocycles. The second-order valence-electron chi connectivity index (χ2n) is 6.59. The van der Waals surface area contributed by atoms with Crippen molar-refractivity contribution >= 4 is 57.6 Å². The molecule has 156 valence electrons. The van der Waals surface area contributed by atoms with Gasteiger partial charge in [0.15, 0.2) is 22.4 Å². The van der Waals surface area contributed by atoms with E-state index in [-0.39, 0.29) is 12.5 Å². The van der Waals surface area contributed by atoms with Crippen LogP contribution < -0.4 is 25.0 Å². The fourth-order valence-corrected chi connectivity index (χ4v) is 4.08. The number of hydrogen-bond donors (Lipinski definition) is 1. The molecule has 2 N–H and O–H groups in total. The molecule has 3 rings (SSSR count). The van der Waals surface area contributed by atoms with E-state index in [9.17, 15) is 9.59 Å². The highest BCUT2D eigenvalue weighted by Gasteiger charge is 2.33. The number of amides is 2. The molecule has 0 bridgehead atoms. The van der Waals surface area contributed by atoms with Crippen molar-refractivity contribution in [3.05, 3.63) is 52.9 Å². The molecule has 0 saturated carbocycles. The highest BCUT2D eigenvalue weighted by Crippen LogP contribution is 2.37. The number of nitrogens with zero attached hydrogens (tertiary/aromatic N) is 2. The van der Waals surface area contributed by atoms with Crippen LogP contribution in [0, 0.1) is 0 Å². The van der Waals surface area contributed by atoms with Gasteiger partial charge in [-0.1, -0.05) is 30.0 Å². The van der Waals surface area contributed by atoms with Gasteiger partial charge >= 0.3 is 0 Å². The molecule has 1 aliphatic rings. The monoisotopic (exact) mass is 443 g/mol. The molecule has 1 saturated heterocycles. The topological polar surface area (TPSA) is 85.1 Å². The average Bonchev–Trinajstić information content (AvgIpc) is 2.99. The third-order valence-corrected chi connectivity index (χ3v) is 5.58. The van der Waals surface area contributed by atoms with Crippen molar-refractivity contribution in [2.45, 2.75) is 0 Å². The zero-order valence-electron chi connectivity index (χ0n) is 16.7. The summed E-state index contributed by atoms with van der Waals surface area (Å²) in [4.78, 5) is 27.9. The predicted molar refractivity (Wildman–Crippen MR) is 124 cm³/mol.